The van der Waals surface area contributed by atoms with Gasteiger partial charge in [0.15, 0.2) is 0 Å². The van der Waals surface area contributed by atoms with E-state index in [2.05, 4.69) is 27.0 Å². The van der Waals surface area contributed by atoms with Gasteiger partial charge in [-0.2, -0.15) is 0 Å². The molecule has 0 aromatic rings. The molecule has 11 nitrogen and oxygen atoms in total. The maximum atomic E-state index is 12.3. The average molecular weight is 397 g/mol. The second kappa shape index (κ2) is 9.98. The van der Waals surface area contributed by atoms with E-state index < -0.39 is 44.5 Å². The molecule has 1 rings (SSSR count). The molecule has 1 atom stereocenters. The van der Waals surface area contributed by atoms with Crippen LogP contribution in [-0.2, 0) is 32.6 Å². The van der Waals surface area contributed by atoms with Crippen LogP contribution in [0.2, 0.25) is 0 Å². The van der Waals surface area contributed by atoms with Crippen molar-refractivity contribution in [2.24, 2.45) is 5.41 Å². The van der Waals surface area contributed by atoms with E-state index in [0.29, 0.717) is 0 Å². The van der Waals surface area contributed by atoms with E-state index in [-0.39, 0.29) is 26.1 Å². The van der Waals surface area contributed by atoms with E-state index in [1.807, 2.05) is 0 Å². The Balaban J connectivity index is 2.59. The second-order valence-electron chi connectivity index (χ2n) is 6.04. The van der Waals surface area contributed by atoms with Crippen LogP contribution >= 0.6 is 8.17 Å². The van der Waals surface area contributed by atoms with Crippen molar-refractivity contribution in [2.75, 3.05) is 33.6 Å². The summed E-state index contributed by atoms with van der Waals surface area (Å²) < 4.78 is 24.8. The molecule has 0 spiro atoms. The van der Waals surface area contributed by atoms with Crippen molar-refractivity contribution < 1.29 is 42.3 Å². The summed E-state index contributed by atoms with van der Waals surface area (Å²) in [6.45, 7) is 6.37. The van der Waals surface area contributed by atoms with Gasteiger partial charge in [0.1, 0.15) is 0 Å². The molecule has 1 heterocycles. The van der Waals surface area contributed by atoms with E-state index in [9.17, 15) is 19.3 Å². The number of hydrogen-bond donors (Lipinski definition) is 3. The number of nitrogens with one attached hydrogen (secondary N) is 2. The Bertz CT molecular complexity index is 517. The first-order chi connectivity index (χ1) is 12.1. The Hall–Kier alpha value is -1.52. The molecule has 26 heavy (non-hydrogen) atoms. The molecule has 2 amide bonds. The number of rotatable bonds is 8. The number of esters is 1. The summed E-state index contributed by atoms with van der Waals surface area (Å²) in [6, 6.07) is 0. The zero-order chi connectivity index (χ0) is 19.8. The first kappa shape index (κ1) is 22.5. The molecule has 0 unspecified atom stereocenters. The fourth-order valence-electron chi connectivity index (χ4n) is 1.97. The van der Waals surface area contributed by atoms with Crippen LogP contribution in [0.5, 0.6) is 0 Å². The Labute approximate surface area is 152 Å². The number of alkyl carbamates (subject to hydrolysis) is 1. The molecule has 0 aliphatic carbocycles. The van der Waals surface area contributed by atoms with E-state index in [1.165, 1.54) is 7.11 Å². The SMILES string of the molecule is [CH2]CNC(=O)OCO[PH]1(O)OCC(C)(C)[C@H](C(=O)NCCC(=O)OC)O1. The predicted octanol–water partition coefficient (Wildman–Crippen LogP) is 0.0439. The van der Waals surface area contributed by atoms with Crippen LogP contribution in [0.1, 0.15) is 20.3 Å². The molecule has 3 N–H and O–H groups in total. The number of hydrogen-bond acceptors (Lipinski definition) is 9. The van der Waals surface area contributed by atoms with Gasteiger partial charge in [0.2, 0.25) is 0 Å². The molecule has 0 bridgehead atoms. The molecule has 1 saturated heterocycles. The summed E-state index contributed by atoms with van der Waals surface area (Å²) in [7, 11) is -2.93. The van der Waals surface area contributed by atoms with Gasteiger partial charge in [-0.15, -0.1) is 0 Å². The zero-order valence-electron chi connectivity index (χ0n) is 15.0. The minimum absolute atomic E-state index is 0.000672. The molecule has 1 aliphatic heterocycles. The van der Waals surface area contributed by atoms with Crippen molar-refractivity contribution in [3.05, 3.63) is 6.92 Å². The monoisotopic (exact) mass is 397 g/mol. The number of ether oxygens (including phenoxy) is 2. The third kappa shape index (κ3) is 7.00. The van der Waals surface area contributed by atoms with E-state index in [4.69, 9.17) is 13.6 Å². The fourth-order valence-corrected chi connectivity index (χ4v) is 3.68. The van der Waals surface area contributed by atoms with Gasteiger partial charge in [-0.05, 0) is 0 Å². The summed E-state index contributed by atoms with van der Waals surface area (Å²) >= 11 is 0. The average Bonchev–Trinajstić information content (AvgIpc) is 2.57. The van der Waals surface area contributed by atoms with Crippen LogP contribution < -0.4 is 10.6 Å². The molecule has 12 heteroatoms. The van der Waals surface area contributed by atoms with Gasteiger partial charge in [-0.3, -0.25) is 0 Å². The van der Waals surface area contributed by atoms with Crippen LogP contribution in [0, 0.1) is 12.3 Å². The van der Waals surface area contributed by atoms with Crippen LogP contribution in [0.3, 0.4) is 0 Å². The molecule has 0 saturated carbocycles. The predicted molar refractivity (Wildman–Crippen MR) is 90.6 cm³/mol. The third-order valence-electron chi connectivity index (χ3n) is 3.40. The van der Waals surface area contributed by atoms with Gasteiger partial charge in [0.25, 0.3) is 0 Å². The first-order valence-electron chi connectivity index (χ1n) is 7.86. The minimum atomic E-state index is -4.18. The van der Waals surface area contributed by atoms with E-state index >= 15 is 0 Å². The standard InChI is InChI=1S/C14H26N2O9P/c1-5-15-13(19)22-9-24-26(20)23-8-14(2,3)11(25-26)12(18)16-7-6-10(17)21-4/h11,20,26H,1,5-9H2,2-4H3,(H,15,19)(H,16,18)/t11-/m0/s1. The van der Waals surface area contributed by atoms with Gasteiger partial charge < -0.3 is 0 Å². The topological polar surface area (TPSA) is 142 Å². The van der Waals surface area contributed by atoms with Gasteiger partial charge in [0, 0.05) is 0 Å². The summed E-state index contributed by atoms with van der Waals surface area (Å²) in [4.78, 5) is 44.9. The first-order valence-corrected chi connectivity index (χ1v) is 9.53. The molecule has 1 radical (unpaired) electrons. The maximum absolute atomic E-state index is 12.3. The van der Waals surface area contributed by atoms with Crippen LogP contribution in [-0.4, -0.2) is 62.6 Å². The summed E-state index contributed by atoms with van der Waals surface area (Å²) in [5.41, 5.74) is -0.760. The van der Waals surface area contributed by atoms with Crippen LogP contribution in [0.4, 0.5) is 4.79 Å². The van der Waals surface area contributed by atoms with Gasteiger partial charge in [-0.25, -0.2) is 0 Å². The number of carbonyl (C=O) groups is 3. The van der Waals surface area contributed by atoms with E-state index in [1.54, 1.807) is 13.8 Å². The molecular weight excluding hydrogens is 371 g/mol. The van der Waals surface area contributed by atoms with Gasteiger partial charge >= 0.3 is 151 Å². The van der Waals surface area contributed by atoms with Crippen molar-refractivity contribution >= 4 is 26.1 Å². The van der Waals surface area contributed by atoms with Crippen molar-refractivity contribution in [1.29, 1.82) is 0 Å². The summed E-state index contributed by atoms with van der Waals surface area (Å²) in [6.07, 6.45) is -1.87. The summed E-state index contributed by atoms with van der Waals surface area (Å²) in [5, 5.41) is 4.81. The van der Waals surface area contributed by atoms with Gasteiger partial charge in [0.05, 0.1) is 0 Å². The normalized spacial score (nSPS) is 22.0. The van der Waals surface area contributed by atoms with Crippen molar-refractivity contribution in [1.82, 2.24) is 10.6 Å². The van der Waals surface area contributed by atoms with Crippen LogP contribution in [0.25, 0.3) is 0 Å². The molecule has 151 valence electrons. The van der Waals surface area contributed by atoms with Gasteiger partial charge in [-0.1, -0.05) is 0 Å². The molecular formula is C14H26N2O9P. The fraction of sp³-hybridized carbons (Fsp3) is 0.714. The van der Waals surface area contributed by atoms with E-state index in [0.717, 1.165) is 0 Å². The molecule has 0 aromatic heterocycles. The third-order valence-corrected chi connectivity index (χ3v) is 4.92. The zero-order valence-corrected chi connectivity index (χ0v) is 16.0. The Kier molecular flexibility index (Phi) is 8.65. The van der Waals surface area contributed by atoms with Crippen LogP contribution in [0.15, 0.2) is 0 Å². The Morgan fingerprint density at radius 2 is 2.04 bits per heavy atom. The number of carbonyl (C=O) groups excluding carboxylic acids is 3. The molecule has 1 fully saturated rings. The summed E-state index contributed by atoms with van der Waals surface area (Å²) in [5.74, 6) is -1.00. The number of amides is 2. The number of methoxy groups -OCH3 is 1. The Morgan fingerprint density at radius 1 is 1.35 bits per heavy atom. The van der Waals surface area contributed by atoms with Crippen molar-refractivity contribution in [2.45, 2.75) is 26.4 Å². The molecule has 0 aromatic carbocycles. The van der Waals surface area contributed by atoms with Crippen molar-refractivity contribution in [3.63, 3.8) is 0 Å². The Morgan fingerprint density at radius 3 is 2.65 bits per heavy atom. The van der Waals surface area contributed by atoms with Crippen molar-refractivity contribution in [3.8, 4) is 0 Å². The molecule has 1 aliphatic rings. The quantitative estimate of drug-likeness (QED) is 0.294. The second-order valence-corrected chi connectivity index (χ2v) is 7.90.